The number of benzene rings is 1. The first-order chi connectivity index (χ1) is 9.70. The smallest absolute Gasteiger partial charge is 0.316 e. The Morgan fingerprint density at radius 2 is 1.85 bits per heavy atom. The van der Waals surface area contributed by atoms with Crippen LogP contribution in [0.5, 0.6) is 0 Å². The molecule has 1 aromatic heterocycles. The largest absolute Gasteiger partial charge is 0.460 e. The minimum atomic E-state index is -0.700. The molecule has 0 saturated heterocycles. The lowest BCUT2D eigenvalue weighted by Gasteiger charge is -2.14. The van der Waals surface area contributed by atoms with Crippen LogP contribution >= 0.6 is 11.6 Å². The number of rotatable bonds is 5. The van der Waals surface area contributed by atoms with Crippen molar-refractivity contribution in [3.8, 4) is 0 Å². The van der Waals surface area contributed by atoms with Gasteiger partial charge in [-0.2, -0.15) is 0 Å². The number of aromatic nitrogens is 1. The Hall–Kier alpha value is -1.91. The van der Waals surface area contributed by atoms with Gasteiger partial charge in [-0.05, 0) is 35.4 Å². The summed E-state index contributed by atoms with van der Waals surface area (Å²) in [5.41, 5.74) is 1.53. The number of nitrogens with zero attached hydrogens (tertiary/aromatic N) is 1. The van der Waals surface area contributed by atoms with Gasteiger partial charge in [-0.15, -0.1) is 0 Å². The molecule has 20 heavy (non-hydrogen) atoms. The molecule has 0 aliphatic heterocycles. The summed E-state index contributed by atoms with van der Waals surface area (Å²) < 4.78 is 5.21. The van der Waals surface area contributed by atoms with E-state index in [2.05, 4.69) is 4.98 Å². The second kappa shape index (κ2) is 7.03. The quantitative estimate of drug-likeness (QED) is 0.860. The van der Waals surface area contributed by atoms with Crippen LogP contribution in [-0.2, 0) is 16.1 Å². The monoisotopic (exact) mass is 291 g/mol. The highest BCUT2D eigenvalue weighted by molar-refractivity contribution is 6.30. The van der Waals surface area contributed by atoms with Gasteiger partial charge >= 0.3 is 5.97 Å². The summed E-state index contributed by atoms with van der Waals surface area (Å²) in [5.74, 6) is -1.17. The predicted molar refractivity (Wildman–Crippen MR) is 75.3 cm³/mol. The number of pyridine rings is 1. The number of hydrogen-bond acceptors (Lipinski definition) is 4. The Balaban J connectivity index is 2.00. The predicted octanol–water partition coefficient (Wildman–Crippen LogP) is 2.55. The van der Waals surface area contributed by atoms with Gasteiger partial charge in [0.05, 0.1) is 6.61 Å². The summed E-state index contributed by atoms with van der Waals surface area (Å²) in [7, 11) is 0. The Morgan fingerprint density at radius 3 is 2.45 bits per heavy atom. The zero-order valence-corrected chi connectivity index (χ0v) is 11.5. The molecular formula is C15H14ClNO3. The van der Waals surface area contributed by atoms with Crippen LogP contribution in [0.25, 0.3) is 0 Å². The summed E-state index contributed by atoms with van der Waals surface area (Å²) in [6, 6.07) is 10.3. The van der Waals surface area contributed by atoms with Gasteiger partial charge < -0.3 is 9.84 Å². The van der Waals surface area contributed by atoms with E-state index >= 15 is 0 Å². The summed E-state index contributed by atoms with van der Waals surface area (Å²) in [5, 5.41) is 9.95. The zero-order chi connectivity index (χ0) is 14.4. The van der Waals surface area contributed by atoms with Gasteiger partial charge in [-0.3, -0.25) is 9.78 Å². The van der Waals surface area contributed by atoms with Crippen LogP contribution in [0.15, 0.2) is 48.8 Å². The second-order valence-electron chi connectivity index (χ2n) is 4.25. The van der Waals surface area contributed by atoms with Crippen LogP contribution < -0.4 is 0 Å². The maximum absolute atomic E-state index is 12.0. The van der Waals surface area contributed by atoms with Crippen molar-refractivity contribution in [1.29, 1.82) is 0 Å². The minimum absolute atomic E-state index is 0.158. The van der Waals surface area contributed by atoms with Crippen molar-refractivity contribution < 1.29 is 14.6 Å². The molecule has 0 radical (unpaired) electrons. The van der Waals surface area contributed by atoms with E-state index in [1.807, 2.05) is 0 Å². The van der Waals surface area contributed by atoms with E-state index < -0.39 is 11.9 Å². The van der Waals surface area contributed by atoms with Crippen molar-refractivity contribution >= 4 is 17.6 Å². The summed E-state index contributed by atoms with van der Waals surface area (Å²) in [6.07, 6.45) is 3.26. The number of hydrogen-bond donors (Lipinski definition) is 1. The molecule has 0 amide bonds. The van der Waals surface area contributed by atoms with Gasteiger partial charge in [0.1, 0.15) is 12.5 Å². The molecule has 1 aromatic carbocycles. The average Bonchev–Trinajstić information content (AvgIpc) is 2.49. The van der Waals surface area contributed by atoms with Gasteiger partial charge in [-0.25, -0.2) is 0 Å². The minimum Gasteiger partial charge on any atom is -0.460 e. The van der Waals surface area contributed by atoms with Crippen LogP contribution in [0.1, 0.15) is 17.0 Å². The fourth-order valence-corrected chi connectivity index (χ4v) is 1.87. The number of carbonyl (C=O) groups is 1. The highest BCUT2D eigenvalue weighted by Gasteiger charge is 2.21. The molecule has 0 unspecified atom stereocenters. The van der Waals surface area contributed by atoms with Gasteiger partial charge in [0.25, 0.3) is 0 Å². The lowest BCUT2D eigenvalue weighted by Crippen LogP contribution is -2.19. The van der Waals surface area contributed by atoms with E-state index in [-0.39, 0.29) is 13.2 Å². The topological polar surface area (TPSA) is 59.4 Å². The number of ether oxygens (including phenoxy) is 1. The van der Waals surface area contributed by atoms with Crippen molar-refractivity contribution in [3.05, 3.63) is 64.9 Å². The van der Waals surface area contributed by atoms with Crippen LogP contribution in [0.3, 0.4) is 0 Å². The van der Waals surface area contributed by atoms with Gasteiger partial charge in [0.15, 0.2) is 0 Å². The van der Waals surface area contributed by atoms with E-state index in [1.54, 1.807) is 48.8 Å². The molecular weight excluding hydrogens is 278 g/mol. The standard InChI is InChI=1S/C15H14ClNO3/c16-13-3-1-12(2-4-13)14(9-18)15(19)20-10-11-5-7-17-8-6-11/h1-8,14,18H,9-10H2/t14-/m1/s1. The Kier molecular flexibility index (Phi) is 5.09. The van der Waals surface area contributed by atoms with Crippen molar-refractivity contribution in [1.82, 2.24) is 4.98 Å². The van der Waals surface area contributed by atoms with Crippen molar-refractivity contribution in [2.24, 2.45) is 0 Å². The third kappa shape index (κ3) is 3.79. The molecule has 0 aliphatic carbocycles. The Labute approximate surface area is 122 Å². The molecule has 0 spiro atoms. The van der Waals surface area contributed by atoms with E-state index in [9.17, 15) is 9.90 Å². The summed E-state index contributed by atoms with van der Waals surface area (Å²) in [4.78, 5) is 15.9. The fourth-order valence-electron chi connectivity index (χ4n) is 1.75. The number of carbonyl (C=O) groups excluding carboxylic acids is 1. The highest BCUT2D eigenvalue weighted by Crippen LogP contribution is 2.20. The molecule has 2 rings (SSSR count). The summed E-state index contributed by atoms with van der Waals surface area (Å²) >= 11 is 5.80. The Morgan fingerprint density at radius 1 is 1.20 bits per heavy atom. The number of aliphatic hydroxyl groups excluding tert-OH is 1. The van der Waals surface area contributed by atoms with E-state index in [0.29, 0.717) is 10.6 Å². The molecule has 104 valence electrons. The van der Waals surface area contributed by atoms with Crippen LogP contribution in [0.4, 0.5) is 0 Å². The summed E-state index contributed by atoms with van der Waals surface area (Å²) in [6.45, 7) is -0.151. The molecule has 0 bridgehead atoms. The number of esters is 1. The first-order valence-corrected chi connectivity index (χ1v) is 6.50. The lowest BCUT2D eigenvalue weighted by atomic mass is 10.0. The van der Waals surface area contributed by atoms with Gasteiger partial charge in [0, 0.05) is 17.4 Å². The van der Waals surface area contributed by atoms with Crippen LogP contribution in [-0.4, -0.2) is 22.7 Å². The molecule has 2 aromatic rings. The second-order valence-corrected chi connectivity index (χ2v) is 4.69. The van der Waals surface area contributed by atoms with E-state index in [4.69, 9.17) is 16.3 Å². The maximum atomic E-state index is 12.0. The average molecular weight is 292 g/mol. The molecule has 0 fully saturated rings. The van der Waals surface area contributed by atoms with Gasteiger partial charge in [-0.1, -0.05) is 23.7 Å². The molecule has 1 N–H and O–H groups in total. The van der Waals surface area contributed by atoms with E-state index in [1.165, 1.54) is 0 Å². The van der Waals surface area contributed by atoms with E-state index in [0.717, 1.165) is 5.56 Å². The Bertz CT molecular complexity index is 557. The van der Waals surface area contributed by atoms with Crippen LogP contribution in [0.2, 0.25) is 5.02 Å². The molecule has 4 nitrogen and oxygen atoms in total. The first kappa shape index (κ1) is 14.5. The highest BCUT2D eigenvalue weighted by atomic mass is 35.5. The zero-order valence-electron chi connectivity index (χ0n) is 10.7. The first-order valence-electron chi connectivity index (χ1n) is 6.12. The van der Waals surface area contributed by atoms with Crippen LogP contribution in [0, 0.1) is 0 Å². The molecule has 0 saturated carbocycles. The maximum Gasteiger partial charge on any atom is 0.316 e. The SMILES string of the molecule is O=C(OCc1ccncc1)[C@H](CO)c1ccc(Cl)cc1. The molecule has 1 heterocycles. The van der Waals surface area contributed by atoms with Crippen molar-refractivity contribution in [2.45, 2.75) is 12.5 Å². The third-order valence-electron chi connectivity index (χ3n) is 2.87. The van der Waals surface area contributed by atoms with Crippen molar-refractivity contribution in [3.63, 3.8) is 0 Å². The fraction of sp³-hybridized carbons (Fsp3) is 0.200. The van der Waals surface area contributed by atoms with Crippen molar-refractivity contribution in [2.75, 3.05) is 6.61 Å². The normalized spacial score (nSPS) is 11.9. The number of halogens is 1. The molecule has 1 atom stereocenters. The third-order valence-corrected chi connectivity index (χ3v) is 3.12. The number of aliphatic hydroxyl groups is 1. The van der Waals surface area contributed by atoms with Gasteiger partial charge in [0.2, 0.25) is 0 Å². The lowest BCUT2D eigenvalue weighted by molar-refractivity contribution is -0.147. The molecule has 0 aliphatic rings. The molecule has 5 heteroatoms.